The predicted molar refractivity (Wildman–Crippen MR) is 106 cm³/mol. The van der Waals surface area contributed by atoms with Gasteiger partial charge in [0.25, 0.3) is 0 Å². The first kappa shape index (κ1) is 21.0. The van der Waals surface area contributed by atoms with Gasteiger partial charge in [-0.05, 0) is 51.3 Å². The summed E-state index contributed by atoms with van der Waals surface area (Å²) >= 11 is 6.22. The minimum atomic E-state index is -0.367. The number of carbonyl (C=O) groups excluding carboxylic acids is 1. The van der Waals surface area contributed by atoms with Crippen LogP contribution in [0.3, 0.4) is 0 Å². The number of benzene rings is 1. The fraction of sp³-hybridized carbons (Fsp3) is 0.667. The maximum absolute atomic E-state index is 13.1. The van der Waals surface area contributed by atoms with E-state index >= 15 is 0 Å². The zero-order chi connectivity index (χ0) is 19.3. The number of rotatable bonds is 8. The highest BCUT2D eigenvalue weighted by Gasteiger charge is 2.34. The van der Waals surface area contributed by atoms with Crippen LogP contribution in [0.4, 0.5) is 0 Å². The van der Waals surface area contributed by atoms with E-state index in [1.807, 2.05) is 19.1 Å². The molecule has 1 aromatic rings. The summed E-state index contributed by atoms with van der Waals surface area (Å²) in [4.78, 5) is 15.5. The summed E-state index contributed by atoms with van der Waals surface area (Å²) in [6, 6.07) is 5.97. The molecule has 3 atom stereocenters. The van der Waals surface area contributed by atoms with Crippen LogP contribution in [0.5, 0.6) is 5.75 Å². The average Bonchev–Trinajstić information content (AvgIpc) is 3.06. The molecule has 4 nitrogen and oxygen atoms in total. The second-order valence-electron chi connectivity index (χ2n) is 7.41. The van der Waals surface area contributed by atoms with Gasteiger partial charge in [-0.3, -0.25) is 9.69 Å². The van der Waals surface area contributed by atoms with Crippen LogP contribution < -0.4 is 4.74 Å². The van der Waals surface area contributed by atoms with Crippen molar-refractivity contribution in [1.82, 2.24) is 4.90 Å². The summed E-state index contributed by atoms with van der Waals surface area (Å²) in [5.74, 6) is 0.323. The molecule has 0 saturated carbocycles. The molecule has 0 aromatic heterocycles. The maximum Gasteiger partial charge on any atom is 0.314 e. The van der Waals surface area contributed by atoms with Crippen molar-refractivity contribution in [2.75, 3.05) is 19.7 Å². The van der Waals surface area contributed by atoms with E-state index < -0.39 is 0 Å². The summed E-state index contributed by atoms with van der Waals surface area (Å²) < 4.78 is 11.7. The van der Waals surface area contributed by atoms with Gasteiger partial charge in [-0.25, -0.2) is 0 Å². The Hall–Kier alpha value is -1.26. The molecule has 1 fully saturated rings. The lowest BCUT2D eigenvalue weighted by atomic mass is 9.85. The van der Waals surface area contributed by atoms with Gasteiger partial charge in [0.2, 0.25) is 0 Å². The molecular weight excluding hydrogens is 350 g/mol. The van der Waals surface area contributed by atoms with E-state index in [1.54, 1.807) is 6.07 Å². The van der Waals surface area contributed by atoms with Crippen molar-refractivity contribution in [3.63, 3.8) is 0 Å². The molecule has 5 heteroatoms. The SMILES string of the molecule is CCOc1ccc(Cl)cc1C(C(=O)OC1CCN(C(C)C)C1)C(C)CC. The van der Waals surface area contributed by atoms with Crippen molar-refractivity contribution in [1.29, 1.82) is 0 Å². The number of carbonyl (C=O) groups is 1. The lowest BCUT2D eigenvalue weighted by Crippen LogP contribution is -2.32. The van der Waals surface area contributed by atoms with E-state index in [0.29, 0.717) is 17.7 Å². The molecule has 1 aliphatic rings. The maximum atomic E-state index is 13.1. The number of halogens is 1. The molecular formula is C21H32ClNO3. The van der Waals surface area contributed by atoms with E-state index in [-0.39, 0.29) is 23.9 Å². The molecule has 146 valence electrons. The van der Waals surface area contributed by atoms with E-state index in [1.165, 1.54) is 0 Å². The summed E-state index contributed by atoms with van der Waals surface area (Å²) in [5, 5.41) is 0.608. The second-order valence-corrected chi connectivity index (χ2v) is 7.85. The molecule has 2 rings (SSSR count). The molecule has 0 radical (unpaired) electrons. The van der Waals surface area contributed by atoms with Crippen LogP contribution in [0, 0.1) is 5.92 Å². The van der Waals surface area contributed by atoms with E-state index in [0.717, 1.165) is 37.2 Å². The second kappa shape index (κ2) is 9.61. The average molecular weight is 382 g/mol. The Labute approximate surface area is 162 Å². The van der Waals surface area contributed by atoms with E-state index in [2.05, 4.69) is 32.6 Å². The molecule has 0 bridgehead atoms. The first-order valence-corrected chi connectivity index (χ1v) is 10.1. The summed E-state index contributed by atoms with van der Waals surface area (Å²) in [6.45, 7) is 12.8. The van der Waals surface area contributed by atoms with Crippen LogP contribution in [0.2, 0.25) is 5.02 Å². The summed E-state index contributed by atoms with van der Waals surface area (Å²) in [6.07, 6.45) is 1.73. The van der Waals surface area contributed by atoms with Gasteiger partial charge in [0, 0.05) is 29.7 Å². The molecule has 1 aromatic carbocycles. The van der Waals surface area contributed by atoms with Crippen molar-refractivity contribution in [3.8, 4) is 5.75 Å². The van der Waals surface area contributed by atoms with Gasteiger partial charge in [-0.2, -0.15) is 0 Å². The van der Waals surface area contributed by atoms with Crippen molar-refractivity contribution >= 4 is 17.6 Å². The Bertz CT molecular complexity index is 605. The summed E-state index contributed by atoms with van der Waals surface area (Å²) in [5.41, 5.74) is 0.831. The zero-order valence-electron chi connectivity index (χ0n) is 16.6. The highest BCUT2D eigenvalue weighted by molar-refractivity contribution is 6.30. The minimum Gasteiger partial charge on any atom is -0.494 e. The summed E-state index contributed by atoms with van der Waals surface area (Å²) in [7, 11) is 0. The van der Waals surface area contributed by atoms with E-state index in [4.69, 9.17) is 21.1 Å². The molecule has 1 saturated heterocycles. The third-order valence-corrected chi connectivity index (χ3v) is 5.50. The zero-order valence-corrected chi connectivity index (χ0v) is 17.4. The highest BCUT2D eigenvalue weighted by Crippen LogP contribution is 2.37. The molecule has 26 heavy (non-hydrogen) atoms. The molecule has 3 unspecified atom stereocenters. The number of hydrogen-bond acceptors (Lipinski definition) is 4. The molecule has 0 aliphatic carbocycles. The fourth-order valence-corrected chi connectivity index (χ4v) is 3.69. The van der Waals surface area contributed by atoms with Gasteiger partial charge in [-0.1, -0.05) is 31.9 Å². The Morgan fingerprint density at radius 1 is 1.31 bits per heavy atom. The van der Waals surface area contributed by atoms with Crippen LogP contribution >= 0.6 is 11.6 Å². The fourth-order valence-electron chi connectivity index (χ4n) is 3.51. The monoisotopic (exact) mass is 381 g/mol. The predicted octanol–water partition coefficient (Wildman–Crippen LogP) is 4.89. The van der Waals surface area contributed by atoms with Gasteiger partial charge in [0.1, 0.15) is 11.9 Å². The van der Waals surface area contributed by atoms with Crippen LogP contribution in [-0.4, -0.2) is 42.7 Å². The van der Waals surface area contributed by atoms with E-state index in [9.17, 15) is 4.79 Å². The van der Waals surface area contributed by atoms with Gasteiger partial charge >= 0.3 is 5.97 Å². The van der Waals surface area contributed by atoms with Gasteiger partial charge in [0.05, 0.1) is 12.5 Å². The van der Waals surface area contributed by atoms with Crippen LogP contribution in [0.25, 0.3) is 0 Å². The van der Waals surface area contributed by atoms with Crippen molar-refractivity contribution < 1.29 is 14.3 Å². The van der Waals surface area contributed by atoms with Crippen LogP contribution in [-0.2, 0) is 9.53 Å². The number of hydrogen-bond donors (Lipinski definition) is 0. The Morgan fingerprint density at radius 3 is 2.62 bits per heavy atom. The topological polar surface area (TPSA) is 38.8 Å². The Kier molecular flexibility index (Phi) is 7.78. The molecule has 0 amide bonds. The minimum absolute atomic E-state index is 0.0359. The molecule has 0 N–H and O–H groups in total. The van der Waals surface area contributed by atoms with Crippen molar-refractivity contribution in [2.45, 2.75) is 65.5 Å². The molecule has 1 aliphatic heterocycles. The first-order chi connectivity index (χ1) is 12.4. The third-order valence-electron chi connectivity index (χ3n) is 5.26. The Balaban J connectivity index is 2.22. The standard InChI is InChI=1S/C21H32ClNO3/c1-6-15(5)20(18-12-16(22)8-9-19(18)25-7-2)21(24)26-17-10-11-23(13-17)14(3)4/h8-9,12,14-15,17,20H,6-7,10-11,13H2,1-5H3. The molecule has 0 spiro atoms. The number of likely N-dealkylation sites (tertiary alicyclic amines) is 1. The number of esters is 1. The first-order valence-electron chi connectivity index (χ1n) is 9.74. The normalized spacial score (nSPS) is 20.2. The van der Waals surface area contributed by atoms with Gasteiger partial charge < -0.3 is 9.47 Å². The highest BCUT2D eigenvalue weighted by atomic mass is 35.5. The van der Waals surface area contributed by atoms with Crippen molar-refractivity contribution in [3.05, 3.63) is 28.8 Å². The number of ether oxygens (including phenoxy) is 2. The lowest BCUT2D eigenvalue weighted by Gasteiger charge is -2.26. The number of nitrogens with zero attached hydrogens (tertiary/aromatic N) is 1. The molecule has 1 heterocycles. The van der Waals surface area contributed by atoms with Crippen LogP contribution in [0.15, 0.2) is 18.2 Å². The van der Waals surface area contributed by atoms with Crippen LogP contribution in [0.1, 0.15) is 58.9 Å². The van der Waals surface area contributed by atoms with Crippen molar-refractivity contribution in [2.24, 2.45) is 5.92 Å². The third kappa shape index (κ3) is 5.14. The Morgan fingerprint density at radius 2 is 2.04 bits per heavy atom. The largest absolute Gasteiger partial charge is 0.494 e. The quantitative estimate of drug-likeness (QED) is 0.600. The smallest absolute Gasteiger partial charge is 0.314 e. The lowest BCUT2D eigenvalue weighted by molar-refractivity contribution is -0.151. The van der Waals surface area contributed by atoms with Gasteiger partial charge in [0.15, 0.2) is 0 Å². The van der Waals surface area contributed by atoms with Gasteiger partial charge in [-0.15, -0.1) is 0 Å².